The van der Waals surface area contributed by atoms with E-state index in [2.05, 4.69) is 6.92 Å². The molecule has 0 N–H and O–H groups in total. The third-order valence-electron chi connectivity index (χ3n) is 6.21. The van der Waals surface area contributed by atoms with Crippen molar-refractivity contribution < 1.29 is 26.7 Å². The Balaban J connectivity index is 1.57. The quantitative estimate of drug-likeness (QED) is 0.295. The first-order valence-corrected chi connectivity index (χ1v) is 11.0. The van der Waals surface area contributed by atoms with Gasteiger partial charge in [-0.3, -0.25) is 0 Å². The maximum atomic E-state index is 14.5. The van der Waals surface area contributed by atoms with Crippen molar-refractivity contribution in [3.8, 4) is 5.75 Å². The SMILES string of the molecule is CCCCCC1CCC(c2ccc(C(F)(F)Oc3ccc(C(F)(F)F)cc3)cc2)CC1. The average molecular weight is 440 g/mol. The van der Waals surface area contributed by atoms with Gasteiger partial charge in [-0.05, 0) is 79.5 Å². The van der Waals surface area contributed by atoms with Gasteiger partial charge in [-0.15, -0.1) is 0 Å². The Morgan fingerprint density at radius 2 is 1.35 bits per heavy atom. The Hall–Kier alpha value is -2.11. The van der Waals surface area contributed by atoms with Crippen molar-refractivity contribution in [1.82, 2.24) is 0 Å². The number of alkyl halides is 5. The summed E-state index contributed by atoms with van der Waals surface area (Å²) >= 11 is 0. The maximum Gasteiger partial charge on any atom is 0.426 e. The third kappa shape index (κ3) is 6.44. The van der Waals surface area contributed by atoms with E-state index in [1.165, 1.54) is 50.7 Å². The molecule has 0 aromatic heterocycles. The molecule has 1 saturated carbocycles. The summed E-state index contributed by atoms with van der Waals surface area (Å²) in [7, 11) is 0. The fourth-order valence-corrected chi connectivity index (χ4v) is 4.34. The van der Waals surface area contributed by atoms with Gasteiger partial charge in [-0.1, -0.05) is 44.7 Å². The molecular formula is C25H29F5O. The van der Waals surface area contributed by atoms with Gasteiger partial charge in [-0.25, -0.2) is 0 Å². The predicted octanol–water partition coefficient (Wildman–Crippen LogP) is 8.69. The van der Waals surface area contributed by atoms with Crippen LogP contribution in [-0.4, -0.2) is 0 Å². The molecule has 0 radical (unpaired) electrons. The summed E-state index contributed by atoms with van der Waals surface area (Å²) in [6.07, 6.45) is 1.46. The molecule has 1 aliphatic carbocycles. The van der Waals surface area contributed by atoms with Crippen LogP contribution in [0.2, 0.25) is 0 Å². The zero-order chi connectivity index (χ0) is 22.5. The molecule has 6 heteroatoms. The van der Waals surface area contributed by atoms with E-state index in [4.69, 9.17) is 4.74 Å². The van der Waals surface area contributed by atoms with Crippen LogP contribution in [0.25, 0.3) is 0 Å². The van der Waals surface area contributed by atoms with Crippen molar-refractivity contribution >= 4 is 0 Å². The fourth-order valence-electron chi connectivity index (χ4n) is 4.34. The summed E-state index contributed by atoms with van der Waals surface area (Å²) in [6, 6.07) is 9.43. The summed E-state index contributed by atoms with van der Waals surface area (Å²) in [5.74, 6) is 0.855. The lowest BCUT2D eigenvalue weighted by molar-refractivity contribution is -0.185. The zero-order valence-corrected chi connectivity index (χ0v) is 17.7. The lowest BCUT2D eigenvalue weighted by atomic mass is 9.77. The highest BCUT2D eigenvalue weighted by molar-refractivity contribution is 5.31. The van der Waals surface area contributed by atoms with E-state index < -0.39 is 17.8 Å². The monoisotopic (exact) mass is 440 g/mol. The number of rotatable bonds is 8. The molecule has 1 aliphatic rings. The van der Waals surface area contributed by atoms with E-state index >= 15 is 0 Å². The molecule has 2 aromatic rings. The molecule has 0 bridgehead atoms. The normalized spacial score (nSPS) is 19.9. The van der Waals surface area contributed by atoms with Crippen molar-refractivity contribution in [3.63, 3.8) is 0 Å². The first-order chi connectivity index (χ1) is 14.7. The minimum atomic E-state index is -4.52. The van der Waals surface area contributed by atoms with Gasteiger partial charge in [-0.2, -0.15) is 22.0 Å². The van der Waals surface area contributed by atoms with Crippen molar-refractivity contribution in [3.05, 3.63) is 65.2 Å². The molecule has 1 nitrogen and oxygen atoms in total. The topological polar surface area (TPSA) is 9.23 Å². The van der Waals surface area contributed by atoms with E-state index in [0.717, 1.165) is 48.6 Å². The van der Waals surface area contributed by atoms with E-state index in [-0.39, 0.29) is 11.3 Å². The van der Waals surface area contributed by atoms with Crippen LogP contribution in [0.5, 0.6) is 5.75 Å². The Labute approximate surface area is 180 Å². The molecule has 0 spiro atoms. The number of hydrogen-bond acceptors (Lipinski definition) is 1. The molecule has 0 unspecified atom stereocenters. The van der Waals surface area contributed by atoms with Crippen LogP contribution in [0.4, 0.5) is 22.0 Å². The van der Waals surface area contributed by atoms with Gasteiger partial charge in [0.1, 0.15) is 5.75 Å². The fraction of sp³-hybridized carbons (Fsp3) is 0.520. The molecule has 31 heavy (non-hydrogen) atoms. The average Bonchev–Trinajstić information content (AvgIpc) is 2.74. The molecule has 0 saturated heterocycles. The Bertz CT molecular complexity index is 803. The maximum absolute atomic E-state index is 14.5. The summed E-state index contributed by atoms with van der Waals surface area (Å²) in [6.45, 7) is 2.21. The Morgan fingerprint density at radius 3 is 1.90 bits per heavy atom. The number of ether oxygens (including phenoxy) is 1. The van der Waals surface area contributed by atoms with Gasteiger partial charge in [0.05, 0.1) is 11.1 Å². The predicted molar refractivity (Wildman–Crippen MR) is 111 cm³/mol. The van der Waals surface area contributed by atoms with Crippen molar-refractivity contribution in [2.75, 3.05) is 0 Å². The van der Waals surface area contributed by atoms with E-state index in [0.29, 0.717) is 5.92 Å². The standard InChI is InChI=1S/C25H29F5O/c1-2-3-4-5-18-6-8-19(9-7-18)20-10-12-22(13-11-20)25(29,30)31-23-16-14-21(15-17-23)24(26,27)28/h10-19H,2-9H2,1H3. The number of benzene rings is 2. The van der Waals surface area contributed by atoms with Crippen molar-refractivity contribution in [1.29, 1.82) is 0 Å². The van der Waals surface area contributed by atoms with Gasteiger partial charge in [0.15, 0.2) is 0 Å². The minimum absolute atomic E-state index is 0.315. The van der Waals surface area contributed by atoms with E-state index in [1.807, 2.05) is 0 Å². The number of hydrogen-bond donors (Lipinski definition) is 0. The summed E-state index contributed by atoms with van der Waals surface area (Å²) < 4.78 is 71.6. The second kappa shape index (κ2) is 10.0. The highest BCUT2D eigenvalue weighted by atomic mass is 19.4. The summed E-state index contributed by atoms with van der Waals surface area (Å²) in [5, 5.41) is 0. The largest absolute Gasteiger partial charge is 0.429 e. The first-order valence-electron chi connectivity index (χ1n) is 11.0. The highest BCUT2D eigenvalue weighted by Crippen LogP contribution is 2.39. The molecular weight excluding hydrogens is 411 g/mol. The van der Waals surface area contributed by atoms with Crippen LogP contribution in [-0.2, 0) is 12.3 Å². The minimum Gasteiger partial charge on any atom is -0.429 e. The van der Waals surface area contributed by atoms with E-state index in [9.17, 15) is 22.0 Å². The summed E-state index contributed by atoms with van der Waals surface area (Å²) in [5.41, 5.74) is -0.168. The second-order valence-corrected chi connectivity index (χ2v) is 8.48. The second-order valence-electron chi connectivity index (χ2n) is 8.48. The Kier molecular flexibility index (Phi) is 7.60. The van der Waals surface area contributed by atoms with Crippen LogP contribution in [0.1, 0.15) is 80.9 Å². The highest BCUT2D eigenvalue weighted by Gasteiger charge is 2.35. The lowest BCUT2D eigenvalue weighted by Crippen LogP contribution is -2.22. The van der Waals surface area contributed by atoms with Crippen LogP contribution in [0.3, 0.4) is 0 Å². The van der Waals surface area contributed by atoms with E-state index in [1.54, 1.807) is 12.1 Å². The Morgan fingerprint density at radius 1 is 0.774 bits per heavy atom. The van der Waals surface area contributed by atoms with Gasteiger partial charge in [0, 0.05) is 0 Å². The number of unbranched alkanes of at least 4 members (excludes halogenated alkanes) is 2. The molecule has 2 aromatic carbocycles. The first kappa shape index (κ1) is 23.6. The molecule has 0 amide bonds. The molecule has 3 rings (SSSR count). The zero-order valence-electron chi connectivity index (χ0n) is 17.7. The van der Waals surface area contributed by atoms with Crippen LogP contribution in [0.15, 0.2) is 48.5 Å². The van der Waals surface area contributed by atoms with Crippen molar-refractivity contribution in [2.24, 2.45) is 5.92 Å². The molecule has 1 fully saturated rings. The number of halogens is 5. The van der Waals surface area contributed by atoms with Gasteiger partial charge in [0.2, 0.25) is 0 Å². The van der Waals surface area contributed by atoms with Crippen LogP contribution in [0, 0.1) is 5.92 Å². The molecule has 0 heterocycles. The van der Waals surface area contributed by atoms with Crippen LogP contribution < -0.4 is 4.74 Å². The molecule has 170 valence electrons. The van der Waals surface area contributed by atoms with Gasteiger partial charge >= 0.3 is 12.3 Å². The molecule has 0 atom stereocenters. The van der Waals surface area contributed by atoms with Gasteiger partial charge in [0.25, 0.3) is 0 Å². The van der Waals surface area contributed by atoms with Gasteiger partial charge < -0.3 is 4.74 Å². The van der Waals surface area contributed by atoms with Crippen molar-refractivity contribution in [2.45, 2.75) is 76.5 Å². The molecule has 0 aliphatic heterocycles. The lowest BCUT2D eigenvalue weighted by Gasteiger charge is -2.29. The van der Waals surface area contributed by atoms with Crippen LogP contribution >= 0.6 is 0 Å². The summed E-state index contributed by atoms with van der Waals surface area (Å²) in [4.78, 5) is 0. The smallest absolute Gasteiger partial charge is 0.426 e. The third-order valence-corrected chi connectivity index (χ3v) is 6.21.